The normalized spacial score (nSPS) is 19.4. The first-order valence-corrected chi connectivity index (χ1v) is 9.58. The van der Waals surface area contributed by atoms with Crippen molar-refractivity contribution in [1.29, 1.82) is 0 Å². The van der Waals surface area contributed by atoms with Crippen LogP contribution in [0.1, 0.15) is 70.7 Å². The van der Waals surface area contributed by atoms with Crippen LogP contribution in [0.3, 0.4) is 0 Å². The van der Waals surface area contributed by atoms with Crippen molar-refractivity contribution in [2.45, 2.75) is 77.4 Å². The molecule has 1 fully saturated rings. The third-order valence-electron chi connectivity index (χ3n) is 4.86. The zero-order valence-electron chi connectivity index (χ0n) is 16.3. The average molecular weight is 387 g/mol. The fraction of sp³-hybridized carbons (Fsp3) is 0.650. The van der Waals surface area contributed by atoms with Crippen LogP contribution in [-0.4, -0.2) is 34.5 Å². The van der Waals surface area contributed by atoms with Crippen molar-refractivity contribution in [3.8, 4) is 0 Å². The summed E-state index contributed by atoms with van der Waals surface area (Å²) in [5.41, 5.74) is -0.236. The van der Waals surface area contributed by atoms with Gasteiger partial charge in [-0.2, -0.15) is 0 Å². The molecule has 1 saturated heterocycles. The minimum atomic E-state index is -1.06. The number of unbranched alkanes of at least 4 members (excludes halogenated alkanes) is 1. The average Bonchev–Trinajstić information content (AvgIpc) is 2.48. The lowest BCUT2D eigenvalue weighted by Gasteiger charge is -2.49. The van der Waals surface area contributed by atoms with Crippen LogP contribution in [0.4, 0.5) is 8.78 Å². The SMILES string of the molecule is CCCCN(C(=O)c1cc(F)c(F)cc1Cl)C1CC(C)(C)NC(C)(C)C1. The van der Waals surface area contributed by atoms with Crippen LogP contribution in [0.25, 0.3) is 0 Å². The van der Waals surface area contributed by atoms with Crippen LogP contribution in [0, 0.1) is 11.6 Å². The lowest BCUT2D eigenvalue weighted by molar-refractivity contribution is 0.0441. The summed E-state index contributed by atoms with van der Waals surface area (Å²) in [6, 6.07) is 1.79. The summed E-state index contributed by atoms with van der Waals surface area (Å²) in [5.74, 6) is -2.43. The maximum Gasteiger partial charge on any atom is 0.255 e. The van der Waals surface area contributed by atoms with Gasteiger partial charge in [-0.05, 0) is 59.1 Å². The number of halogens is 3. The number of nitrogens with zero attached hydrogens (tertiary/aromatic N) is 1. The van der Waals surface area contributed by atoms with Crippen LogP contribution in [0.5, 0.6) is 0 Å². The van der Waals surface area contributed by atoms with E-state index in [-0.39, 0.29) is 33.6 Å². The summed E-state index contributed by atoms with van der Waals surface area (Å²) >= 11 is 6.06. The van der Waals surface area contributed by atoms with Gasteiger partial charge in [0.05, 0.1) is 10.6 Å². The largest absolute Gasteiger partial charge is 0.335 e. The summed E-state index contributed by atoms with van der Waals surface area (Å²) in [5, 5.41) is 3.55. The maximum absolute atomic E-state index is 13.7. The topological polar surface area (TPSA) is 32.3 Å². The van der Waals surface area contributed by atoms with Gasteiger partial charge in [0.15, 0.2) is 11.6 Å². The molecule has 0 spiro atoms. The summed E-state index contributed by atoms with van der Waals surface area (Å²) in [6.45, 7) is 11.1. The van der Waals surface area contributed by atoms with E-state index in [4.69, 9.17) is 11.6 Å². The molecule has 1 amide bonds. The van der Waals surface area contributed by atoms with Gasteiger partial charge in [0.25, 0.3) is 5.91 Å². The van der Waals surface area contributed by atoms with Gasteiger partial charge < -0.3 is 10.2 Å². The predicted octanol–water partition coefficient (Wildman–Crippen LogP) is 5.17. The lowest BCUT2D eigenvalue weighted by Crippen LogP contribution is -2.62. The highest BCUT2D eigenvalue weighted by atomic mass is 35.5. The molecule has 3 nitrogen and oxygen atoms in total. The molecule has 1 aliphatic heterocycles. The van der Waals surface area contributed by atoms with Gasteiger partial charge in [-0.1, -0.05) is 24.9 Å². The zero-order valence-corrected chi connectivity index (χ0v) is 17.0. The molecule has 0 radical (unpaired) electrons. The van der Waals surface area contributed by atoms with E-state index < -0.39 is 11.6 Å². The first kappa shape index (κ1) is 21.1. The lowest BCUT2D eigenvalue weighted by atomic mass is 9.78. The van der Waals surface area contributed by atoms with Crippen LogP contribution >= 0.6 is 11.6 Å². The zero-order chi connectivity index (χ0) is 19.7. The highest BCUT2D eigenvalue weighted by Crippen LogP contribution is 2.33. The highest BCUT2D eigenvalue weighted by Gasteiger charge is 2.41. The molecule has 1 N–H and O–H groups in total. The van der Waals surface area contributed by atoms with E-state index in [1.807, 2.05) is 0 Å². The molecule has 1 aliphatic rings. The van der Waals surface area contributed by atoms with Crippen LogP contribution in [-0.2, 0) is 0 Å². The standard InChI is InChI=1S/C20H29ClF2N2O/c1-6-7-8-25(13-11-19(2,3)24-20(4,5)12-13)18(26)14-9-16(22)17(23)10-15(14)21/h9-10,13,24H,6-8,11-12H2,1-5H3. The van der Waals surface area contributed by atoms with Gasteiger partial charge in [0, 0.05) is 23.7 Å². The molecule has 1 aromatic rings. The molecule has 6 heteroatoms. The predicted molar refractivity (Wildman–Crippen MR) is 102 cm³/mol. The quantitative estimate of drug-likeness (QED) is 0.708. The van der Waals surface area contributed by atoms with Gasteiger partial charge in [-0.25, -0.2) is 8.78 Å². The smallest absolute Gasteiger partial charge is 0.255 e. The van der Waals surface area contributed by atoms with E-state index in [1.165, 1.54) is 0 Å². The van der Waals surface area contributed by atoms with Crippen LogP contribution < -0.4 is 5.32 Å². The minimum absolute atomic E-state index is 0.00415. The Morgan fingerprint density at radius 1 is 1.19 bits per heavy atom. The molecule has 2 rings (SSSR count). The molecule has 0 unspecified atom stereocenters. The van der Waals surface area contributed by atoms with Crippen molar-refractivity contribution >= 4 is 17.5 Å². The Bertz CT molecular complexity index is 660. The first-order chi connectivity index (χ1) is 12.0. The Hall–Kier alpha value is -1.20. The Labute approximate surface area is 160 Å². The van der Waals surface area contributed by atoms with Crippen molar-refractivity contribution in [1.82, 2.24) is 10.2 Å². The fourth-order valence-corrected chi connectivity index (χ4v) is 4.34. The van der Waals surface area contributed by atoms with E-state index >= 15 is 0 Å². The summed E-state index contributed by atoms with van der Waals surface area (Å²) in [4.78, 5) is 15.0. The number of carbonyl (C=O) groups excluding carboxylic acids is 1. The van der Waals surface area contributed by atoms with Gasteiger partial charge in [-0.15, -0.1) is 0 Å². The summed E-state index contributed by atoms with van der Waals surface area (Å²) < 4.78 is 27.1. The molecule has 1 heterocycles. The van der Waals surface area contributed by atoms with E-state index in [0.29, 0.717) is 6.54 Å². The second-order valence-corrected chi connectivity index (χ2v) is 8.96. The number of amides is 1. The molecule has 0 bridgehead atoms. The minimum Gasteiger partial charge on any atom is -0.335 e. The van der Waals surface area contributed by atoms with Gasteiger partial charge in [0.1, 0.15) is 0 Å². The fourth-order valence-electron chi connectivity index (χ4n) is 4.11. The number of carbonyl (C=O) groups is 1. The number of hydrogen-bond donors (Lipinski definition) is 1. The van der Waals surface area contributed by atoms with Crippen molar-refractivity contribution in [3.05, 3.63) is 34.4 Å². The van der Waals surface area contributed by atoms with Crippen molar-refractivity contribution in [2.24, 2.45) is 0 Å². The van der Waals surface area contributed by atoms with E-state index in [1.54, 1.807) is 4.90 Å². The molecule has 1 aromatic carbocycles. The van der Waals surface area contributed by atoms with Crippen LogP contribution in [0.2, 0.25) is 5.02 Å². The van der Waals surface area contributed by atoms with E-state index in [9.17, 15) is 13.6 Å². The van der Waals surface area contributed by atoms with Crippen molar-refractivity contribution in [2.75, 3.05) is 6.54 Å². The molecule has 0 saturated carbocycles. The second kappa shape index (κ2) is 7.81. The van der Waals surface area contributed by atoms with Gasteiger partial charge in [-0.3, -0.25) is 4.79 Å². The molecular formula is C20H29ClF2N2O. The number of rotatable bonds is 5. The Balaban J connectivity index is 2.38. The Morgan fingerprint density at radius 3 is 2.27 bits per heavy atom. The number of piperidine rings is 1. The number of benzene rings is 1. The molecule has 146 valence electrons. The van der Waals surface area contributed by atoms with Gasteiger partial charge >= 0.3 is 0 Å². The maximum atomic E-state index is 13.7. The molecule has 0 aliphatic carbocycles. The molecule has 0 aromatic heterocycles. The van der Waals surface area contributed by atoms with Gasteiger partial charge in [0.2, 0.25) is 0 Å². The van der Waals surface area contributed by atoms with E-state index in [0.717, 1.165) is 37.8 Å². The number of nitrogens with one attached hydrogen (secondary N) is 1. The molecule has 26 heavy (non-hydrogen) atoms. The summed E-state index contributed by atoms with van der Waals surface area (Å²) in [6.07, 6.45) is 3.35. The van der Waals surface area contributed by atoms with Crippen molar-refractivity contribution in [3.63, 3.8) is 0 Å². The first-order valence-electron chi connectivity index (χ1n) is 9.20. The third-order valence-corrected chi connectivity index (χ3v) is 5.18. The Kier molecular flexibility index (Phi) is 6.34. The number of hydrogen-bond acceptors (Lipinski definition) is 2. The Morgan fingerprint density at radius 2 is 1.73 bits per heavy atom. The monoisotopic (exact) mass is 386 g/mol. The molecule has 0 atom stereocenters. The van der Waals surface area contributed by atoms with Crippen molar-refractivity contribution < 1.29 is 13.6 Å². The third kappa shape index (κ3) is 4.95. The van der Waals surface area contributed by atoms with E-state index in [2.05, 4.69) is 39.9 Å². The molecular weight excluding hydrogens is 358 g/mol. The second-order valence-electron chi connectivity index (χ2n) is 8.55. The summed E-state index contributed by atoms with van der Waals surface area (Å²) in [7, 11) is 0. The van der Waals surface area contributed by atoms with Crippen LogP contribution in [0.15, 0.2) is 12.1 Å². The highest BCUT2D eigenvalue weighted by molar-refractivity contribution is 6.33.